The minimum atomic E-state index is -0.700. The molecule has 3 saturated heterocycles. The monoisotopic (exact) mass is 555 g/mol. The van der Waals surface area contributed by atoms with Crippen LogP contribution in [0.25, 0.3) is 32.9 Å². The van der Waals surface area contributed by atoms with Crippen LogP contribution in [-0.4, -0.2) is 63.3 Å². The number of hydrogen-bond acceptors (Lipinski definition) is 7. The smallest absolute Gasteiger partial charge is 0.319 e. The molecule has 4 aromatic rings. The van der Waals surface area contributed by atoms with E-state index in [9.17, 15) is 9.50 Å². The first-order valence-electron chi connectivity index (χ1n) is 14.4. The van der Waals surface area contributed by atoms with Crippen LogP contribution in [0.15, 0.2) is 30.5 Å². The Labute approximate surface area is 237 Å². The third-order valence-corrected chi connectivity index (χ3v) is 9.03. The quantitative estimate of drug-likeness (QED) is 0.312. The fourth-order valence-electron chi connectivity index (χ4n) is 7.03. The summed E-state index contributed by atoms with van der Waals surface area (Å²) in [7, 11) is 0. The molecule has 0 radical (unpaired) electrons. The molecule has 7 nitrogen and oxygen atoms in total. The molecule has 210 valence electrons. The van der Waals surface area contributed by atoms with Crippen LogP contribution in [0, 0.1) is 24.0 Å². The first-order valence-corrected chi connectivity index (χ1v) is 14.4. The predicted molar refractivity (Wildman–Crippen MR) is 154 cm³/mol. The maximum absolute atomic E-state index is 16.6. The zero-order valence-corrected chi connectivity index (χ0v) is 22.8. The number of rotatable bonds is 5. The summed E-state index contributed by atoms with van der Waals surface area (Å²) < 4.78 is 37.6. The van der Waals surface area contributed by atoms with Gasteiger partial charge in [-0.1, -0.05) is 12.0 Å². The van der Waals surface area contributed by atoms with Crippen molar-refractivity contribution in [3.05, 3.63) is 47.7 Å². The molecule has 2 aromatic carbocycles. The highest BCUT2D eigenvalue weighted by atomic mass is 19.1. The first kappa shape index (κ1) is 25.9. The van der Waals surface area contributed by atoms with Crippen LogP contribution in [-0.2, 0) is 0 Å². The van der Waals surface area contributed by atoms with Gasteiger partial charge in [-0.25, -0.2) is 8.78 Å². The molecular weight excluding hydrogens is 524 g/mol. The SMILES string of the molecule is C#Cc1c(F)ccc2cc(O)cc(-c3ncc4c(N5CCCCC5)nc(OCC56CCCN5CCC6)nc4c3F)c12. The van der Waals surface area contributed by atoms with E-state index < -0.39 is 11.6 Å². The van der Waals surface area contributed by atoms with Crippen molar-refractivity contribution >= 4 is 27.5 Å². The second-order valence-corrected chi connectivity index (χ2v) is 11.4. The zero-order valence-electron chi connectivity index (χ0n) is 22.8. The van der Waals surface area contributed by atoms with Crippen LogP contribution >= 0.6 is 0 Å². The summed E-state index contributed by atoms with van der Waals surface area (Å²) in [6.45, 7) is 4.20. The Morgan fingerprint density at radius 1 is 1.00 bits per heavy atom. The van der Waals surface area contributed by atoms with Gasteiger partial charge in [0.25, 0.3) is 0 Å². The summed E-state index contributed by atoms with van der Waals surface area (Å²) in [5, 5.41) is 11.7. The van der Waals surface area contributed by atoms with Gasteiger partial charge in [-0.3, -0.25) is 9.88 Å². The highest BCUT2D eigenvalue weighted by molar-refractivity contribution is 6.03. The topological polar surface area (TPSA) is 74.6 Å². The third-order valence-electron chi connectivity index (χ3n) is 9.03. The number of aromatic hydroxyl groups is 1. The van der Waals surface area contributed by atoms with Crippen LogP contribution in [0.2, 0.25) is 0 Å². The Morgan fingerprint density at radius 2 is 1.78 bits per heavy atom. The number of piperidine rings is 1. The van der Waals surface area contributed by atoms with Gasteiger partial charge in [0, 0.05) is 30.2 Å². The predicted octanol–water partition coefficient (Wildman–Crippen LogP) is 5.81. The minimum Gasteiger partial charge on any atom is -0.508 e. The summed E-state index contributed by atoms with van der Waals surface area (Å²) >= 11 is 0. The standard InChI is InChI=1S/C32H31F2N5O2/c1-2-22-25(33)9-8-20-16-21(40)17-23(26(20)22)28-27(34)29-24(18-35-28)30(38-12-4-3-5-13-38)37-31(36-29)41-19-32-10-6-14-39(32)15-7-11-32/h1,8-9,16-18,40H,3-7,10-15,19H2. The first-order chi connectivity index (χ1) is 20.0. The summed E-state index contributed by atoms with van der Waals surface area (Å²) in [6.07, 6.45) is 14.8. The Morgan fingerprint density at radius 3 is 2.54 bits per heavy atom. The van der Waals surface area contributed by atoms with Crippen LogP contribution in [0.5, 0.6) is 11.8 Å². The molecule has 0 atom stereocenters. The van der Waals surface area contributed by atoms with Gasteiger partial charge in [0.2, 0.25) is 0 Å². The van der Waals surface area contributed by atoms with Gasteiger partial charge in [0.15, 0.2) is 5.82 Å². The second-order valence-electron chi connectivity index (χ2n) is 11.4. The van der Waals surface area contributed by atoms with Crippen molar-refractivity contribution < 1.29 is 18.6 Å². The van der Waals surface area contributed by atoms with Gasteiger partial charge in [-0.2, -0.15) is 9.97 Å². The Hall–Kier alpha value is -4.03. The lowest BCUT2D eigenvalue weighted by Crippen LogP contribution is -2.43. The molecule has 0 aliphatic carbocycles. The maximum atomic E-state index is 16.6. The van der Waals surface area contributed by atoms with E-state index in [0.717, 1.165) is 71.1 Å². The number of hydrogen-bond donors (Lipinski definition) is 1. The van der Waals surface area contributed by atoms with E-state index in [1.54, 1.807) is 6.20 Å². The number of phenols is 1. The molecule has 3 fully saturated rings. The van der Waals surface area contributed by atoms with Crippen molar-refractivity contribution in [3.8, 4) is 35.4 Å². The number of aromatic nitrogens is 3. The van der Waals surface area contributed by atoms with Crippen molar-refractivity contribution in [2.24, 2.45) is 0 Å². The number of halogens is 2. The Kier molecular flexibility index (Phi) is 6.39. The fourth-order valence-corrected chi connectivity index (χ4v) is 7.03. The van der Waals surface area contributed by atoms with E-state index >= 15 is 4.39 Å². The normalized spacial score (nSPS) is 18.6. The Bertz CT molecular complexity index is 1700. The lowest BCUT2D eigenvalue weighted by Gasteiger charge is -2.32. The molecule has 3 aliphatic heterocycles. The summed E-state index contributed by atoms with van der Waals surface area (Å²) in [6, 6.07) is 5.71. The molecule has 2 aromatic heterocycles. The molecule has 5 heterocycles. The van der Waals surface area contributed by atoms with E-state index in [1.165, 1.54) is 24.3 Å². The third kappa shape index (κ3) is 4.32. The van der Waals surface area contributed by atoms with Crippen LogP contribution < -0.4 is 9.64 Å². The van der Waals surface area contributed by atoms with E-state index in [4.69, 9.17) is 16.1 Å². The summed E-state index contributed by atoms with van der Waals surface area (Å²) in [5.41, 5.74) is 0.159. The van der Waals surface area contributed by atoms with Gasteiger partial charge in [-0.15, -0.1) is 6.42 Å². The number of pyridine rings is 1. The number of fused-ring (bicyclic) bond motifs is 3. The number of nitrogens with zero attached hydrogens (tertiary/aromatic N) is 5. The van der Waals surface area contributed by atoms with E-state index in [1.807, 2.05) is 0 Å². The lowest BCUT2D eigenvalue weighted by molar-refractivity contribution is 0.108. The van der Waals surface area contributed by atoms with Gasteiger partial charge >= 0.3 is 6.01 Å². The van der Waals surface area contributed by atoms with Crippen LogP contribution in [0.4, 0.5) is 14.6 Å². The van der Waals surface area contributed by atoms with Crippen molar-refractivity contribution in [1.82, 2.24) is 19.9 Å². The minimum absolute atomic E-state index is 0.0122. The largest absolute Gasteiger partial charge is 0.508 e. The van der Waals surface area contributed by atoms with E-state index in [2.05, 4.69) is 25.7 Å². The molecule has 1 N–H and O–H groups in total. The Balaban J connectivity index is 1.39. The maximum Gasteiger partial charge on any atom is 0.319 e. The molecule has 41 heavy (non-hydrogen) atoms. The van der Waals surface area contributed by atoms with E-state index in [0.29, 0.717) is 28.6 Å². The summed E-state index contributed by atoms with van der Waals surface area (Å²) in [5.74, 6) is 1.57. The fraction of sp³-hybridized carbons (Fsp3) is 0.406. The number of phenolic OH excluding ortho intramolecular Hbond substituents is 1. The molecule has 0 bridgehead atoms. The molecule has 0 saturated carbocycles. The van der Waals surface area contributed by atoms with Crippen molar-refractivity contribution in [3.63, 3.8) is 0 Å². The molecule has 9 heteroatoms. The summed E-state index contributed by atoms with van der Waals surface area (Å²) in [4.78, 5) is 18.5. The van der Waals surface area contributed by atoms with Crippen molar-refractivity contribution in [1.29, 1.82) is 0 Å². The number of ether oxygens (including phenoxy) is 1. The van der Waals surface area contributed by atoms with Gasteiger partial charge in [-0.05, 0) is 81.6 Å². The highest BCUT2D eigenvalue weighted by Gasteiger charge is 2.45. The zero-order chi connectivity index (χ0) is 28.1. The molecule has 0 spiro atoms. The molecule has 3 aliphatic rings. The van der Waals surface area contributed by atoms with Crippen LogP contribution in [0.3, 0.4) is 0 Å². The van der Waals surface area contributed by atoms with Gasteiger partial charge in [0.1, 0.15) is 35.2 Å². The average molecular weight is 556 g/mol. The molecule has 7 rings (SSSR count). The molecule has 0 amide bonds. The van der Waals surface area contributed by atoms with Crippen LogP contribution in [0.1, 0.15) is 50.5 Å². The number of benzene rings is 2. The second kappa shape index (κ2) is 10.1. The number of terminal acetylenes is 1. The molecular formula is C32H31F2N5O2. The van der Waals surface area contributed by atoms with Crippen molar-refractivity contribution in [2.45, 2.75) is 50.5 Å². The highest BCUT2D eigenvalue weighted by Crippen LogP contribution is 2.41. The van der Waals surface area contributed by atoms with E-state index in [-0.39, 0.29) is 39.6 Å². The average Bonchev–Trinajstić information content (AvgIpc) is 3.57. The van der Waals surface area contributed by atoms with Crippen molar-refractivity contribution in [2.75, 3.05) is 37.7 Å². The lowest BCUT2D eigenvalue weighted by atomic mass is 9.95. The molecule has 0 unspecified atom stereocenters. The van der Waals surface area contributed by atoms with Gasteiger partial charge < -0.3 is 14.7 Å². The van der Waals surface area contributed by atoms with Gasteiger partial charge in [0.05, 0.1) is 16.5 Å². The number of anilines is 1.